The van der Waals surface area contributed by atoms with Crippen molar-refractivity contribution >= 4 is 94.2 Å². The van der Waals surface area contributed by atoms with Crippen LogP contribution in [0.15, 0.2) is 120 Å². The van der Waals surface area contributed by atoms with E-state index < -0.39 is 0 Å². The van der Waals surface area contributed by atoms with Crippen molar-refractivity contribution in [3.8, 4) is 22.3 Å². The second-order valence-electron chi connectivity index (χ2n) is 10.9. The van der Waals surface area contributed by atoms with Gasteiger partial charge in [-0.15, -0.1) is 0 Å². The third kappa shape index (κ3) is 3.14. The molecule has 40 heavy (non-hydrogen) atoms. The molecule has 8 rings (SSSR count). The lowest BCUT2D eigenvalue weighted by Gasteiger charge is -2.22. The highest BCUT2D eigenvalue weighted by molar-refractivity contribution is 6.61. The molecule has 8 aromatic rings. The van der Waals surface area contributed by atoms with E-state index in [2.05, 4.69) is 139 Å². The second-order valence-corrected chi connectivity index (χ2v) is 10.9. The molecule has 184 valence electrons. The predicted octanol–water partition coefficient (Wildman–Crippen LogP) is 5.15. The standard InChI is InChI=1S/C36H25B3O/c37-33-31-27-17-7-8-19-28(27)40-36(31)35(39)32(34(33)38)30-25-15-5-3-13-23(25)29(24-14-4-6-16-26(24)30)22-18-9-11-20-10-1-2-12-21(20)22/h1-19H,37-39H2. The molecule has 0 saturated heterocycles. The SMILES string of the molecule is Bc1c(-c2c3ccccc3c(-c3cccc4ccccc34)c3ccccc23)c(B)c2oc3ccccc3c2c1B. The van der Waals surface area contributed by atoms with Gasteiger partial charge in [-0.3, -0.25) is 0 Å². The first-order valence-electron chi connectivity index (χ1n) is 14.0. The van der Waals surface area contributed by atoms with Gasteiger partial charge in [-0.05, 0) is 66.1 Å². The second kappa shape index (κ2) is 8.66. The summed E-state index contributed by atoms with van der Waals surface area (Å²) in [6.45, 7) is 0. The highest BCUT2D eigenvalue weighted by atomic mass is 16.3. The fraction of sp³-hybridized carbons (Fsp3) is 0. The summed E-state index contributed by atoms with van der Waals surface area (Å²) in [6.07, 6.45) is 0. The van der Waals surface area contributed by atoms with Gasteiger partial charge in [0.1, 0.15) is 34.7 Å². The fourth-order valence-corrected chi connectivity index (χ4v) is 6.96. The maximum Gasteiger partial charge on any atom is 0.145 e. The van der Waals surface area contributed by atoms with Crippen molar-refractivity contribution in [2.45, 2.75) is 0 Å². The van der Waals surface area contributed by atoms with E-state index >= 15 is 0 Å². The quantitative estimate of drug-likeness (QED) is 0.234. The minimum atomic E-state index is 0.946. The van der Waals surface area contributed by atoms with Crippen molar-refractivity contribution in [2.24, 2.45) is 0 Å². The molecule has 0 saturated carbocycles. The smallest absolute Gasteiger partial charge is 0.145 e. The molecule has 0 radical (unpaired) electrons. The average molecular weight is 506 g/mol. The minimum Gasteiger partial charge on any atom is -0.457 e. The van der Waals surface area contributed by atoms with E-state index in [1.165, 1.54) is 81.7 Å². The van der Waals surface area contributed by atoms with Crippen LogP contribution in [0, 0.1) is 0 Å². The number of fused-ring (bicyclic) bond motifs is 6. The Kier molecular flexibility index (Phi) is 5.03. The van der Waals surface area contributed by atoms with Gasteiger partial charge < -0.3 is 4.42 Å². The number of rotatable bonds is 2. The van der Waals surface area contributed by atoms with Gasteiger partial charge in [0.2, 0.25) is 0 Å². The Bertz CT molecular complexity index is 2250. The van der Waals surface area contributed by atoms with E-state index in [1.807, 2.05) is 0 Å². The maximum absolute atomic E-state index is 6.55. The Hall–Kier alpha value is -4.69. The van der Waals surface area contributed by atoms with Crippen LogP contribution in [0.4, 0.5) is 0 Å². The van der Waals surface area contributed by atoms with Crippen LogP contribution in [-0.4, -0.2) is 23.5 Å². The van der Waals surface area contributed by atoms with Gasteiger partial charge >= 0.3 is 0 Å². The van der Waals surface area contributed by atoms with E-state index in [1.54, 1.807) is 0 Å². The molecule has 0 aliphatic carbocycles. The summed E-state index contributed by atoms with van der Waals surface area (Å²) in [7, 11) is 6.76. The number of benzene rings is 7. The van der Waals surface area contributed by atoms with Crippen LogP contribution in [-0.2, 0) is 0 Å². The first kappa shape index (κ1) is 23.2. The Morgan fingerprint density at radius 3 is 1.60 bits per heavy atom. The normalized spacial score (nSPS) is 11.8. The molecule has 0 atom stereocenters. The Labute approximate surface area is 235 Å². The summed E-state index contributed by atoms with van der Waals surface area (Å²) in [5.41, 5.74) is 10.9. The Morgan fingerprint density at radius 2 is 0.925 bits per heavy atom. The van der Waals surface area contributed by atoms with Crippen LogP contribution in [0.2, 0.25) is 0 Å². The monoisotopic (exact) mass is 506 g/mol. The van der Waals surface area contributed by atoms with E-state index in [4.69, 9.17) is 4.42 Å². The van der Waals surface area contributed by atoms with Gasteiger partial charge in [-0.1, -0.05) is 120 Å². The predicted molar refractivity (Wildman–Crippen MR) is 182 cm³/mol. The van der Waals surface area contributed by atoms with E-state index in [-0.39, 0.29) is 0 Å². The molecule has 1 aromatic heterocycles. The van der Waals surface area contributed by atoms with Crippen molar-refractivity contribution in [3.63, 3.8) is 0 Å². The molecule has 0 N–H and O–H groups in total. The lowest BCUT2D eigenvalue weighted by Crippen LogP contribution is -2.34. The van der Waals surface area contributed by atoms with Gasteiger partial charge in [0.25, 0.3) is 0 Å². The van der Waals surface area contributed by atoms with Crippen LogP contribution in [0.1, 0.15) is 0 Å². The average Bonchev–Trinajstić information content (AvgIpc) is 3.40. The summed E-state index contributed by atoms with van der Waals surface area (Å²) in [4.78, 5) is 0. The highest BCUT2D eigenvalue weighted by Gasteiger charge is 2.23. The zero-order valence-corrected chi connectivity index (χ0v) is 22.9. The fourth-order valence-electron chi connectivity index (χ4n) is 6.96. The van der Waals surface area contributed by atoms with Gasteiger partial charge in [-0.2, -0.15) is 0 Å². The lowest BCUT2D eigenvalue weighted by atomic mass is 9.68. The number of para-hydroxylation sites is 1. The van der Waals surface area contributed by atoms with Crippen molar-refractivity contribution in [2.75, 3.05) is 0 Å². The molecule has 7 aromatic carbocycles. The Balaban J connectivity index is 1.57. The van der Waals surface area contributed by atoms with Gasteiger partial charge in [0.15, 0.2) is 0 Å². The molecule has 0 spiro atoms. The van der Waals surface area contributed by atoms with E-state index in [0.29, 0.717) is 0 Å². The molecular weight excluding hydrogens is 481 g/mol. The zero-order chi connectivity index (χ0) is 27.0. The molecule has 0 aliphatic heterocycles. The summed E-state index contributed by atoms with van der Waals surface area (Å²) < 4.78 is 6.55. The number of hydrogen-bond donors (Lipinski definition) is 0. The molecular formula is C36H25B3O. The molecule has 0 bridgehead atoms. The first-order chi connectivity index (χ1) is 19.6. The van der Waals surface area contributed by atoms with Gasteiger partial charge in [-0.25, -0.2) is 0 Å². The van der Waals surface area contributed by atoms with Crippen LogP contribution in [0.3, 0.4) is 0 Å². The van der Waals surface area contributed by atoms with Crippen molar-refractivity contribution in [1.82, 2.24) is 0 Å². The van der Waals surface area contributed by atoms with Crippen molar-refractivity contribution < 1.29 is 4.42 Å². The van der Waals surface area contributed by atoms with E-state index in [9.17, 15) is 0 Å². The number of hydrogen-bond acceptors (Lipinski definition) is 1. The molecule has 0 aliphatic rings. The summed E-state index contributed by atoms with van der Waals surface area (Å²) in [5, 5.41) is 10.0. The minimum absolute atomic E-state index is 0.946. The maximum atomic E-state index is 6.55. The van der Waals surface area contributed by atoms with Crippen LogP contribution in [0.5, 0.6) is 0 Å². The van der Waals surface area contributed by atoms with Gasteiger partial charge in [0.05, 0.1) is 0 Å². The third-order valence-corrected chi connectivity index (χ3v) is 8.86. The van der Waals surface area contributed by atoms with Gasteiger partial charge in [0, 0.05) is 10.8 Å². The van der Waals surface area contributed by atoms with Crippen LogP contribution in [0.25, 0.3) is 76.5 Å². The largest absolute Gasteiger partial charge is 0.457 e. The summed E-state index contributed by atoms with van der Waals surface area (Å²) in [5.74, 6) is 0. The third-order valence-electron chi connectivity index (χ3n) is 8.86. The highest BCUT2D eigenvalue weighted by Crippen LogP contribution is 2.44. The van der Waals surface area contributed by atoms with Crippen LogP contribution >= 0.6 is 0 Å². The lowest BCUT2D eigenvalue weighted by molar-refractivity contribution is 0.672. The van der Waals surface area contributed by atoms with Crippen molar-refractivity contribution in [1.29, 1.82) is 0 Å². The molecule has 1 nitrogen and oxygen atoms in total. The zero-order valence-electron chi connectivity index (χ0n) is 22.9. The van der Waals surface area contributed by atoms with Crippen molar-refractivity contribution in [3.05, 3.63) is 115 Å². The summed E-state index contributed by atoms with van der Waals surface area (Å²) in [6, 6.07) is 41.6. The molecule has 0 unspecified atom stereocenters. The molecule has 1 heterocycles. The molecule has 0 amide bonds. The number of furan rings is 1. The van der Waals surface area contributed by atoms with E-state index in [0.717, 1.165) is 11.2 Å². The topological polar surface area (TPSA) is 13.1 Å². The Morgan fingerprint density at radius 1 is 0.400 bits per heavy atom. The molecule has 4 heteroatoms. The molecule has 0 fully saturated rings. The van der Waals surface area contributed by atoms with Crippen LogP contribution < -0.4 is 16.4 Å². The first-order valence-corrected chi connectivity index (χ1v) is 14.0. The summed E-state index contributed by atoms with van der Waals surface area (Å²) >= 11 is 0.